The number of carbonyl (C=O) groups excluding carboxylic acids is 1. The molecule has 0 aromatic heterocycles. The first-order chi connectivity index (χ1) is 9.27. The maximum absolute atomic E-state index is 12.0. The number of aliphatic hydroxyl groups excluding tert-OH is 1. The van der Waals surface area contributed by atoms with Crippen LogP contribution in [0.15, 0.2) is 23.1 Å². The van der Waals surface area contributed by atoms with Crippen LogP contribution in [0.1, 0.15) is 10.4 Å². The number of nitrogens with one attached hydrogen (secondary N) is 1. The number of carbonyl (C=O) groups is 1. The van der Waals surface area contributed by atoms with Gasteiger partial charge in [0.25, 0.3) is 0 Å². The van der Waals surface area contributed by atoms with E-state index in [0.717, 1.165) is 0 Å². The molecule has 8 nitrogen and oxygen atoms in total. The van der Waals surface area contributed by atoms with Gasteiger partial charge in [-0.05, 0) is 18.2 Å². The Hall–Kier alpha value is -1.68. The van der Waals surface area contributed by atoms with Crippen molar-refractivity contribution in [3.05, 3.63) is 23.8 Å². The highest BCUT2D eigenvalue weighted by Crippen LogP contribution is 2.19. The monoisotopic (exact) mass is 303 g/mol. The molecule has 1 aromatic carbocycles. The maximum atomic E-state index is 12.0. The van der Waals surface area contributed by atoms with E-state index in [1.54, 1.807) is 0 Å². The van der Waals surface area contributed by atoms with Crippen molar-refractivity contribution in [3.8, 4) is 0 Å². The number of benzene rings is 1. The number of anilines is 1. The number of amides is 1. The molecule has 0 heterocycles. The van der Waals surface area contributed by atoms with Gasteiger partial charge in [-0.15, -0.1) is 0 Å². The first-order valence-corrected chi connectivity index (χ1v) is 7.12. The lowest BCUT2D eigenvalue weighted by molar-refractivity contribution is 0.0679. The minimum atomic E-state index is -3.89. The number of rotatable bonds is 7. The van der Waals surface area contributed by atoms with Gasteiger partial charge in [0.15, 0.2) is 0 Å². The van der Waals surface area contributed by atoms with E-state index in [9.17, 15) is 18.3 Å². The van der Waals surface area contributed by atoms with Crippen molar-refractivity contribution < 1.29 is 23.1 Å². The van der Waals surface area contributed by atoms with Gasteiger partial charge in [0.05, 0.1) is 18.4 Å². The second kappa shape index (κ2) is 6.66. The fourth-order valence-corrected chi connectivity index (χ4v) is 2.67. The number of methoxy groups -OCH3 is 1. The zero-order chi connectivity index (χ0) is 15.3. The highest BCUT2D eigenvalue weighted by molar-refractivity contribution is 7.89. The van der Waals surface area contributed by atoms with Gasteiger partial charge in [0, 0.05) is 19.2 Å². The quantitative estimate of drug-likeness (QED) is 0.458. The summed E-state index contributed by atoms with van der Waals surface area (Å²) in [6, 6.07) is 3.63. The summed E-state index contributed by atoms with van der Waals surface area (Å²) < 4.78 is 30.8. The number of sulfonamides is 1. The third-order valence-corrected chi connectivity index (χ3v) is 3.95. The summed E-state index contributed by atoms with van der Waals surface area (Å²) in [6.07, 6.45) is -0.971. The molecule has 0 bridgehead atoms. The molecule has 1 atom stereocenters. The van der Waals surface area contributed by atoms with Crippen molar-refractivity contribution >= 4 is 21.6 Å². The third kappa shape index (κ3) is 4.17. The number of aliphatic hydroxyl groups is 1. The molecule has 1 amide bonds. The molecule has 6 N–H and O–H groups in total. The summed E-state index contributed by atoms with van der Waals surface area (Å²) in [7, 11) is -2.50. The van der Waals surface area contributed by atoms with Crippen LogP contribution in [0.4, 0.5) is 5.69 Å². The molecule has 1 unspecified atom stereocenters. The average molecular weight is 303 g/mol. The number of ether oxygens (including phenoxy) is 1. The van der Waals surface area contributed by atoms with E-state index < -0.39 is 22.0 Å². The smallest absolute Gasteiger partial charge is 0.248 e. The van der Waals surface area contributed by atoms with Gasteiger partial charge < -0.3 is 21.3 Å². The first kappa shape index (κ1) is 16.4. The molecule has 0 fully saturated rings. The number of hydrogen-bond donors (Lipinski definition) is 4. The van der Waals surface area contributed by atoms with E-state index in [2.05, 4.69) is 9.46 Å². The number of primary amides is 1. The standard InChI is InChI=1S/C11H17N3O5S/c1-19-6-8(15)5-14-20(17,18)10-3-2-7(11(13)16)4-9(10)12/h2-4,8,14-15H,5-6,12H2,1H3,(H2,13,16). The summed E-state index contributed by atoms with van der Waals surface area (Å²) in [6.45, 7) is -0.216. The van der Waals surface area contributed by atoms with Gasteiger partial charge in [-0.2, -0.15) is 0 Å². The molecular weight excluding hydrogens is 286 g/mol. The Morgan fingerprint density at radius 3 is 2.65 bits per heavy atom. The largest absolute Gasteiger partial charge is 0.398 e. The van der Waals surface area contributed by atoms with E-state index in [0.29, 0.717) is 0 Å². The Labute approximate surface area is 116 Å². The van der Waals surface area contributed by atoms with E-state index in [-0.39, 0.29) is 29.3 Å². The van der Waals surface area contributed by atoms with E-state index >= 15 is 0 Å². The lowest BCUT2D eigenvalue weighted by Crippen LogP contribution is -2.34. The summed E-state index contributed by atoms with van der Waals surface area (Å²) in [5.41, 5.74) is 10.7. The SMILES string of the molecule is COCC(O)CNS(=O)(=O)c1ccc(C(N)=O)cc1N. The zero-order valence-corrected chi connectivity index (χ0v) is 11.7. The molecule has 20 heavy (non-hydrogen) atoms. The van der Waals surface area contributed by atoms with Crippen molar-refractivity contribution in [2.75, 3.05) is 26.0 Å². The lowest BCUT2D eigenvalue weighted by atomic mass is 10.2. The van der Waals surface area contributed by atoms with E-state index in [1.807, 2.05) is 0 Å². The van der Waals surface area contributed by atoms with Crippen molar-refractivity contribution in [3.63, 3.8) is 0 Å². The second-order valence-corrected chi connectivity index (χ2v) is 5.81. The molecule has 1 aromatic rings. The van der Waals surface area contributed by atoms with Gasteiger partial charge in [-0.25, -0.2) is 13.1 Å². The molecule has 0 saturated heterocycles. The fourth-order valence-electron chi connectivity index (χ4n) is 1.48. The van der Waals surface area contributed by atoms with Crippen LogP contribution < -0.4 is 16.2 Å². The van der Waals surface area contributed by atoms with Crippen LogP contribution in [0.3, 0.4) is 0 Å². The highest BCUT2D eigenvalue weighted by atomic mass is 32.2. The molecule has 9 heteroatoms. The van der Waals surface area contributed by atoms with Gasteiger partial charge in [0.1, 0.15) is 4.90 Å². The average Bonchev–Trinajstić information content (AvgIpc) is 2.36. The van der Waals surface area contributed by atoms with Crippen LogP contribution in [-0.4, -0.2) is 45.8 Å². The van der Waals surface area contributed by atoms with Crippen molar-refractivity contribution in [2.45, 2.75) is 11.0 Å². The van der Waals surface area contributed by atoms with Crippen LogP contribution in [0, 0.1) is 0 Å². The summed E-state index contributed by atoms with van der Waals surface area (Å²) in [5, 5.41) is 9.40. The fraction of sp³-hybridized carbons (Fsp3) is 0.364. The lowest BCUT2D eigenvalue weighted by Gasteiger charge is -2.13. The van der Waals surface area contributed by atoms with Gasteiger partial charge >= 0.3 is 0 Å². The van der Waals surface area contributed by atoms with Crippen LogP contribution in [0.2, 0.25) is 0 Å². The van der Waals surface area contributed by atoms with Crippen LogP contribution in [0.5, 0.6) is 0 Å². The molecule has 0 spiro atoms. The van der Waals surface area contributed by atoms with E-state index in [4.69, 9.17) is 11.5 Å². The predicted molar refractivity (Wildman–Crippen MR) is 72.4 cm³/mol. The molecule has 112 valence electrons. The molecule has 0 aliphatic carbocycles. The van der Waals surface area contributed by atoms with Crippen LogP contribution >= 0.6 is 0 Å². The van der Waals surface area contributed by atoms with Gasteiger partial charge in [-0.3, -0.25) is 4.79 Å². The molecular formula is C11H17N3O5S. The first-order valence-electron chi connectivity index (χ1n) is 5.64. The van der Waals surface area contributed by atoms with Crippen molar-refractivity contribution in [1.82, 2.24) is 4.72 Å². The minimum absolute atomic E-state index is 0.00137. The number of hydrogen-bond acceptors (Lipinski definition) is 6. The Kier molecular flexibility index (Phi) is 5.45. The van der Waals surface area contributed by atoms with Gasteiger partial charge in [-0.1, -0.05) is 0 Å². The Morgan fingerprint density at radius 2 is 2.15 bits per heavy atom. The molecule has 1 rings (SSSR count). The second-order valence-electron chi connectivity index (χ2n) is 4.08. The summed E-state index contributed by atoms with van der Waals surface area (Å²) in [4.78, 5) is 10.8. The highest BCUT2D eigenvalue weighted by Gasteiger charge is 2.19. The third-order valence-electron chi connectivity index (χ3n) is 2.45. The van der Waals surface area contributed by atoms with Crippen LogP contribution in [0.25, 0.3) is 0 Å². The Bertz CT molecular complexity index is 588. The topological polar surface area (TPSA) is 145 Å². The predicted octanol–water partition coefficient (Wildman–Crippen LogP) is -1.35. The Morgan fingerprint density at radius 1 is 1.50 bits per heavy atom. The zero-order valence-electron chi connectivity index (χ0n) is 10.9. The normalized spacial score (nSPS) is 13.1. The van der Waals surface area contributed by atoms with Crippen LogP contribution in [-0.2, 0) is 14.8 Å². The minimum Gasteiger partial charge on any atom is -0.398 e. The Balaban J connectivity index is 2.90. The summed E-state index contributed by atoms with van der Waals surface area (Å²) >= 11 is 0. The van der Waals surface area contributed by atoms with E-state index in [1.165, 1.54) is 25.3 Å². The maximum Gasteiger partial charge on any atom is 0.248 e. The molecule has 0 aliphatic heterocycles. The van der Waals surface area contributed by atoms with Gasteiger partial charge in [0.2, 0.25) is 15.9 Å². The van der Waals surface area contributed by atoms with Crippen molar-refractivity contribution in [1.29, 1.82) is 0 Å². The molecule has 0 radical (unpaired) electrons. The van der Waals surface area contributed by atoms with Crippen molar-refractivity contribution in [2.24, 2.45) is 5.73 Å². The molecule has 0 saturated carbocycles. The number of nitrogen functional groups attached to an aromatic ring is 1. The number of nitrogens with two attached hydrogens (primary N) is 2. The molecule has 0 aliphatic rings. The summed E-state index contributed by atoms with van der Waals surface area (Å²) in [5.74, 6) is -0.705.